The predicted octanol–water partition coefficient (Wildman–Crippen LogP) is 23.4. The number of carbonyl (C=O) groups excluding carboxylic acids is 2. The van der Waals surface area contributed by atoms with E-state index in [0.29, 0.717) is 0 Å². The van der Waals surface area contributed by atoms with E-state index in [-0.39, 0.29) is 22.4 Å². The summed E-state index contributed by atoms with van der Waals surface area (Å²) in [5, 5.41) is 11.4. The van der Waals surface area contributed by atoms with Crippen molar-refractivity contribution in [3.05, 3.63) is 271 Å². The second kappa shape index (κ2) is 19.9. The van der Waals surface area contributed by atoms with Gasteiger partial charge in [-0.15, -0.1) is 0 Å². The normalized spacial score (nSPS) is 19.3. The van der Waals surface area contributed by atoms with Crippen molar-refractivity contribution in [2.45, 2.75) is 147 Å². The van der Waals surface area contributed by atoms with Crippen LogP contribution in [-0.4, -0.2) is 30.7 Å². The molecule has 0 saturated heterocycles. The van der Waals surface area contributed by atoms with Gasteiger partial charge in [-0.25, -0.2) is 9.97 Å². The second-order valence-corrected chi connectivity index (χ2v) is 35.6. The molecule has 2 unspecified atom stereocenters. The van der Waals surface area contributed by atoms with E-state index in [1.165, 1.54) is 27.6 Å². The zero-order valence-corrected chi connectivity index (χ0v) is 61.1. The Morgan fingerprint density at radius 3 is 1.03 bits per heavy atom. The Kier molecular flexibility index (Phi) is 12.4. The highest BCUT2D eigenvalue weighted by molar-refractivity contribution is 6.39. The van der Waals surface area contributed by atoms with E-state index < -0.39 is 32.7 Å². The van der Waals surface area contributed by atoms with Gasteiger partial charge in [0.05, 0.1) is 22.1 Å². The lowest BCUT2D eigenvalue weighted by Gasteiger charge is -2.42. The number of hydrogen-bond acceptors (Lipinski definition) is 4. The maximum absolute atomic E-state index is 15.2. The van der Waals surface area contributed by atoms with Crippen LogP contribution in [0.5, 0.6) is 0 Å². The number of nitrogens with zero attached hydrogens (tertiary/aromatic N) is 4. The van der Waals surface area contributed by atoms with E-state index in [1.54, 1.807) is 0 Å². The summed E-state index contributed by atoms with van der Waals surface area (Å²) in [4.78, 5) is 43.0. The minimum absolute atomic E-state index is 0.107. The highest BCUT2D eigenvalue weighted by atomic mass is 16.1. The van der Waals surface area contributed by atoms with Crippen LogP contribution in [0.3, 0.4) is 0 Å². The molecule has 0 amide bonds. The van der Waals surface area contributed by atoms with Gasteiger partial charge in [-0.05, 0) is 158 Å². The number of allylic oxidation sites excluding steroid dienone is 14. The fourth-order valence-corrected chi connectivity index (χ4v) is 18.3. The number of imidazole rings is 2. The topological polar surface area (TPSA) is 69.8 Å². The van der Waals surface area contributed by atoms with Crippen molar-refractivity contribution in [2.24, 2.45) is 21.7 Å². The fourth-order valence-electron chi connectivity index (χ4n) is 18.3. The van der Waals surface area contributed by atoms with Crippen LogP contribution in [-0.2, 0) is 31.5 Å². The molecule has 6 aliphatic rings. The van der Waals surface area contributed by atoms with Crippen molar-refractivity contribution < 1.29 is 9.59 Å². The molecule has 18 rings (SSSR count). The van der Waals surface area contributed by atoms with Gasteiger partial charge in [0, 0.05) is 76.9 Å². The molecule has 0 saturated carbocycles. The van der Waals surface area contributed by atoms with Gasteiger partial charge in [0.15, 0.2) is 11.6 Å². The Bertz CT molecular complexity index is 5670. The summed E-state index contributed by atoms with van der Waals surface area (Å²) in [6.07, 6.45) is 18.3. The average molecular weight is 1300 g/mol. The summed E-state index contributed by atoms with van der Waals surface area (Å²) in [6.45, 7) is 40.3. The number of rotatable bonds is 0. The van der Waals surface area contributed by atoms with Crippen LogP contribution in [0.1, 0.15) is 169 Å². The van der Waals surface area contributed by atoms with E-state index in [9.17, 15) is 0 Å². The molecule has 6 nitrogen and oxygen atoms in total. The fraction of sp³-hybridized carbons (Fsp3) is 0.277. The van der Waals surface area contributed by atoms with E-state index in [4.69, 9.17) is 9.97 Å². The summed E-state index contributed by atoms with van der Waals surface area (Å²) in [6, 6.07) is 55.2. The zero-order valence-electron chi connectivity index (χ0n) is 61.1. The SMILES string of the molecule is CC(C)(C)C1=CC(=C2C=Cc3ccccc3C23c2c(ccc4ccccc24)-c2nc4c5cc(C(C)(C)C)cc6c7nc8n(c7c7cc(C(C)(C)C)cc(c7c56)c4n23)C2(C(=C3C=C(C(C)(C)C)C(=O)C(C(C)(C)C)=C3)C=Cc3ccccc32)c2c-8ccc3ccccc23)C=C(C(C)(C)C)C1=O. The molecular weight excluding hydrogens is 1220 g/mol. The molecule has 2 atom stereocenters. The molecule has 4 heterocycles. The molecule has 4 aliphatic carbocycles. The largest absolute Gasteiger partial charge is 0.304 e. The van der Waals surface area contributed by atoms with Crippen LogP contribution < -0.4 is 0 Å². The Balaban J connectivity index is 1.11. The first kappa shape index (κ1) is 62.2. The molecule has 0 N–H and O–H groups in total. The van der Waals surface area contributed by atoms with E-state index >= 15 is 9.59 Å². The number of ketones is 2. The van der Waals surface area contributed by atoms with Gasteiger partial charge in [-0.1, -0.05) is 270 Å². The number of benzene rings is 10. The summed E-state index contributed by atoms with van der Waals surface area (Å²) < 4.78 is 5.38. The van der Waals surface area contributed by atoms with Crippen molar-refractivity contribution in [3.8, 4) is 22.8 Å². The second-order valence-electron chi connectivity index (χ2n) is 35.6. The first-order valence-electron chi connectivity index (χ1n) is 36.0. The minimum atomic E-state index is -1.04. The molecule has 2 spiro atoms. The number of hydrogen-bond donors (Lipinski definition) is 0. The van der Waals surface area contributed by atoms with E-state index in [1.807, 2.05) is 0 Å². The number of Topliss-reactive ketones (excluding diaryl/α,β-unsaturated/α-hetero) is 2. The highest BCUT2D eigenvalue weighted by Gasteiger charge is 2.56. The third-order valence-electron chi connectivity index (χ3n) is 23.1. The lowest BCUT2D eigenvalue weighted by molar-refractivity contribution is -0.114. The first-order valence-corrected chi connectivity index (χ1v) is 36.0. The molecule has 0 radical (unpaired) electrons. The Hall–Kier alpha value is -10.0. The monoisotopic (exact) mass is 1300 g/mol. The van der Waals surface area contributed by atoms with E-state index in [0.717, 1.165) is 160 Å². The minimum Gasteiger partial charge on any atom is -0.304 e. The third kappa shape index (κ3) is 8.13. The van der Waals surface area contributed by atoms with Gasteiger partial charge in [-0.3, -0.25) is 9.59 Å². The third-order valence-corrected chi connectivity index (χ3v) is 23.1. The number of fused-ring (bicyclic) bond motifs is 26. The summed E-state index contributed by atoms with van der Waals surface area (Å²) in [5.41, 5.74) is 18.4. The first-order chi connectivity index (χ1) is 47.2. The Morgan fingerprint density at radius 2 is 0.670 bits per heavy atom. The summed E-state index contributed by atoms with van der Waals surface area (Å²) >= 11 is 0. The Morgan fingerprint density at radius 1 is 0.340 bits per heavy atom. The molecule has 0 fully saturated rings. The van der Waals surface area contributed by atoms with Crippen LogP contribution in [0.15, 0.2) is 227 Å². The van der Waals surface area contributed by atoms with E-state index in [2.05, 4.69) is 328 Å². The predicted molar refractivity (Wildman–Crippen MR) is 418 cm³/mol. The highest BCUT2D eigenvalue weighted by Crippen LogP contribution is 2.64. The van der Waals surface area contributed by atoms with Gasteiger partial charge in [-0.2, -0.15) is 0 Å². The van der Waals surface area contributed by atoms with Gasteiger partial charge < -0.3 is 9.13 Å². The quantitative estimate of drug-likeness (QED) is 0.142. The van der Waals surface area contributed by atoms with Gasteiger partial charge in [0.1, 0.15) is 22.7 Å². The number of aromatic nitrogens is 4. The van der Waals surface area contributed by atoms with Gasteiger partial charge >= 0.3 is 0 Å². The summed E-state index contributed by atoms with van der Waals surface area (Å²) in [7, 11) is 0. The van der Waals surface area contributed by atoms with Crippen LogP contribution in [0.4, 0.5) is 0 Å². The molecular formula is C94H86N4O2. The maximum atomic E-state index is 15.2. The van der Waals surface area contributed by atoms with Gasteiger partial charge in [0.25, 0.3) is 0 Å². The smallest absolute Gasteiger partial charge is 0.186 e. The van der Waals surface area contributed by atoms with Crippen LogP contribution >= 0.6 is 0 Å². The number of carbonyl (C=O) groups is 2. The molecule has 6 heteroatoms. The molecule has 10 aromatic carbocycles. The Labute approximate surface area is 587 Å². The molecule has 2 aromatic heterocycles. The lowest BCUT2D eigenvalue weighted by Crippen LogP contribution is -2.39. The van der Waals surface area contributed by atoms with Crippen LogP contribution in [0, 0.1) is 21.7 Å². The van der Waals surface area contributed by atoms with Crippen molar-refractivity contribution >= 4 is 99.6 Å². The summed E-state index contributed by atoms with van der Waals surface area (Å²) in [5.74, 6) is 2.03. The van der Waals surface area contributed by atoms with Crippen molar-refractivity contribution in [1.29, 1.82) is 0 Å². The van der Waals surface area contributed by atoms with Crippen molar-refractivity contribution in [3.63, 3.8) is 0 Å². The average Bonchev–Trinajstić information content (AvgIpc) is 1.47. The molecule has 0 bridgehead atoms. The standard InChI is InChI=1S/C94H86N4O2/c1-87(2,3)57-47-63-75-64(48-57)80-82(98-86(96-80)62-40-36-52-28-20-24-32-60(52)78(62)94(98)68-34-26-22-30-54(68)38-42-70(94)56-45-73(91(13,14)15)84(100)74(46-56)92(16,17)18)66-50-58(88(4,5)6)49-65(76(66)75)81-79(63)95-85-61-39-35-51-27-19-23-31-59(51)77(61)93(97(81)85)67-33-25-21-29-53(67)37-41-69(93)55-43-71(89(7,8)9)83(99)72(44-55)90(10,11)12/h19-50H,1-18H3. The van der Waals surface area contributed by atoms with Gasteiger partial charge in [0.2, 0.25) is 0 Å². The molecule has 100 heavy (non-hydrogen) atoms. The van der Waals surface area contributed by atoms with Crippen molar-refractivity contribution in [2.75, 3.05) is 0 Å². The lowest BCUT2D eigenvalue weighted by atomic mass is 9.66. The van der Waals surface area contributed by atoms with Crippen LogP contribution in [0.2, 0.25) is 0 Å². The molecule has 494 valence electrons. The molecule has 12 aromatic rings. The molecule has 2 aliphatic heterocycles. The van der Waals surface area contributed by atoms with Crippen LogP contribution in [0.25, 0.3) is 111 Å². The van der Waals surface area contributed by atoms with Crippen molar-refractivity contribution in [1.82, 2.24) is 19.1 Å². The maximum Gasteiger partial charge on any atom is 0.186 e. The zero-order chi connectivity index (χ0) is 70.0.